The van der Waals surface area contributed by atoms with E-state index in [2.05, 4.69) is 403 Å². The summed E-state index contributed by atoms with van der Waals surface area (Å²) in [4.78, 5) is 4.90. The maximum atomic E-state index is 2.45. The molecule has 0 saturated carbocycles. The van der Waals surface area contributed by atoms with Crippen LogP contribution in [0.4, 0.5) is 34.1 Å². The third-order valence-electron chi connectivity index (χ3n) is 23.0. The number of anilines is 6. The molecule has 16 aromatic carbocycles. The van der Waals surface area contributed by atoms with E-state index >= 15 is 0 Å². The molecule has 0 radical (unpaired) electrons. The normalized spacial score (nSPS) is 14.1. The van der Waals surface area contributed by atoms with Gasteiger partial charge in [-0.3, -0.25) is 0 Å². The Morgan fingerprint density at radius 1 is 0.204 bits per heavy atom. The fraction of sp³-hybridized carbons (Fsp3) is 0.0891. The molecule has 0 fully saturated rings. The maximum absolute atomic E-state index is 2.45. The van der Waals surface area contributed by atoms with Crippen LogP contribution >= 0.6 is 0 Å². The number of hydrogen-bond donors (Lipinski definition) is 0. The van der Waals surface area contributed by atoms with Crippen molar-refractivity contribution in [2.45, 2.75) is 57.8 Å². The van der Waals surface area contributed by atoms with Gasteiger partial charge in [-0.15, -0.1) is 0 Å². The molecule has 0 aliphatic heterocycles. The number of hydrogen-bond acceptors (Lipinski definition) is 2. The molecule has 0 spiro atoms. The summed E-state index contributed by atoms with van der Waals surface area (Å²) >= 11 is 0. The summed E-state index contributed by atoms with van der Waals surface area (Å²) < 4.78 is 0. The van der Waals surface area contributed by atoms with Crippen molar-refractivity contribution in [3.05, 3.63) is 383 Å². The monoisotopic (exact) mass is 1320 g/mol. The minimum Gasteiger partial charge on any atom is -0.310 e. The molecule has 19 rings (SSSR count). The van der Waals surface area contributed by atoms with Crippen molar-refractivity contribution in [3.8, 4) is 55.6 Å². The van der Waals surface area contributed by atoms with Crippen LogP contribution in [0.2, 0.25) is 0 Å². The number of rotatable bonds is 12. The van der Waals surface area contributed by atoms with Crippen molar-refractivity contribution in [1.82, 2.24) is 0 Å². The highest BCUT2D eigenvalue weighted by Crippen LogP contribution is 2.55. The molecular weight excluding hydrogens is 1240 g/mol. The largest absolute Gasteiger partial charge is 0.310 e. The number of fused-ring (bicyclic) bond motifs is 13. The van der Waals surface area contributed by atoms with Crippen LogP contribution in [0.15, 0.2) is 328 Å². The fourth-order valence-electron chi connectivity index (χ4n) is 17.3. The molecule has 16 aromatic rings. The van der Waals surface area contributed by atoms with Gasteiger partial charge in [0.05, 0.1) is 11.4 Å². The molecule has 0 N–H and O–H groups in total. The van der Waals surface area contributed by atoms with Gasteiger partial charge in [-0.1, -0.05) is 321 Å². The summed E-state index contributed by atoms with van der Waals surface area (Å²) in [6.07, 6.45) is 9.22. The molecule has 0 atom stereocenters. The van der Waals surface area contributed by atoms with Gasteiger partial charge >= 0.3 is 0 Å². The van der Waals surface area contributed by atoms with Gasteiger partial charge in [0.1, 0.15) is 0 Å². The van der Waals surface area contributed by atoms with Crippen LogP contribution in [0, 0.1) is 0 Å². The molecular formula is C101H76N2. The van der Waals surface area contributed by atoms with E-state index in [4.69, 9.17) is 0 Å². The smallest absolute Gasteiger partial charge is 0.0540 e. The van der Waals surface area contributed by atoms with E-state index in [9.17, 15) is 0 Å². The van der Waals surface area contributed by atoms with Gasteiger partial charge < -0.3 is 9.80 Å². The van der Waals surface area contributed by atoms with Crippen LogP contribution in [0.25, 0.3) is 123 Å². The van der Waals surface area contributed by atoms with E-state index in [1.165, 1.54) is 154 Å². The van der Waals surface area contributed by atoms with Gasteiger partial charge in [0, 0.05) is 49.8 Å². The zero-order chi connectivity index (χ0) is 69.3. The van der Waals surface area contributed by atoms with Crippen LogP contribution in [0.3, 0.4) is 0 Å². The summed E-state index contributed by atoms with van der Waals surface area (Å²) in [6.45, 7) is 14.4. The quantitative estimate of drug-likeness (QED) is 0.113. The van der Waals surface area contributed by atoms with Gasteiger partial charge in [-0.25, -0.2) is 0 Å². The molecule has 0 saturated heterocycles. The first kappa shape index (κ1) is 61.7. The Hall–Kier alpha value is -12.4. The molecule has 0 unspecified atom stereocenters. The first-order chi connectivity index (χ1) is 50.3. The van der Waals surface area contributed by atoms with Crippen LogP contribution in [0.5, 0.6) is 0 Å². The molecule has 0 heterocycles. The minimum absolute atomic E-state index is 0.183. The summed E-state index contributed by atoms with van der Waals surface area (Å²) in [5, 5.41) is 9.87. The third-order valence-corrected chi connectivity index (χ3v) is 23.0. The zero-order valence-electron chi connectivity index (χ0n) is 58.9. The van der Waals surface area contributed by atoms with Crippen molar-refractivity contribution in [3.63, 3.8) is 0 Å². The molecule has 0 aromatic heterocycles. The van der Waals surface area contributed by atoms with Gasteiger partial charge in [0.2, 0.25) is 0 Å². The lowest BCUT2D eigenvalue weighted by Gasteiger charge is -2.29. The topological polar surface area (TPSA) is 6.48 Å². The highest BCUT2D eigenvalue weighted by Gasteiger charge is 2.39. The Labute approximate surface area is 604 Å². The van der Waals surface area contributed by atoms with Gasteiger partial charge in [0.25, 0.3) is 0 Å². The Bertz CT molecular complexity index is 5820. The predicted octanol–water partition coefficient (Wildman–Crippen LogP) is 27.8. The summed E-state index contributed by atoms with van der Waals surface area (Å²) in [5.41, 5.74) is 31.8. The number of nitrogens with zero attached hydrogens (tertiary/aromatic N) is 2. The van der Waals surface area contributed by atoms with Crippen molar-refractivity contribution < 1.29 is 0 Å². The summed E-state index contributed by atoms with van der Waals surface area (Å²) in [5.74, 6) is 0. The van der Waals surface area contributed by atoms with Gasteiger partial charge in [-0.2, -0.15) is 0 Å². The average Bonchev–Trinajstić information content (AvgIpc) is 1.61. The second kappa shape index (κ2) is 23.9. The maximum Gasteiger partial charge on any atom is 0.0540 e. The molecule has 2 nitrogen and oxygen atoms in total. The van der Waals surface area contributed by atoms with Crippen LogP contribution in [0.1, 0.15) is 97.2 Å². The first-order valence-corrected chi connectivity index (χ1v) is 36.3. The van der Waals surface area contributed by atoms with Crippen LogP contribution in [-0.2, 0) is 16.2 Å². The summed E-state index contributed by atoms with van der Waals surface area (Å²) in [7, 11) is 0. The van der Waals surface area contributed by atoms with E-state index < -0.39 is 0 Å². The molecule has 3 aliphatic rings. The van der Waals surface area contributed by atoms with Crippen LogP contribution < -0.4 is 9.80 Å². The minimum atomic E-state index is -0.234. The van der Waals surface area contributed by atoms with Gasteiger partial charge in [0.15, 0.2) is 0 Å². The van der Waals surface area contributed by atoms with Gasteiger partial charge in [-0.05, 0) is 216 Å². The summed E-state index contributed by atoms with van der Waals surface area (Å²) in [6, 6.07) is 122. The molecule has 0 bridgehead atoms. The lowest BCUT2D eigenvalue weighted by molar-refractivity contribution is 0.660. The van der Waals surface area contributed by atoms with E-state index in [-0.39, 0.29) is 16.2 Å². The lowest BCUT2D eigenvalue weighted by Crippen LogP contribution is -2.17. The molecule has 490 valence electrons. The SMILES string of the molecule is CC1(C)c2cc(/C=C/c3ccc4c(c3)C(C)(C)c3cc(N(c5ccc(-c6ccc7ccccc7c6)cc5)c5cccc6ccccc56)ccc3-4)ccc2-c2ccc(/C=C/c3ccc4c(c3)C(C)(C)c3cc(N(c5ccc(-c6ccc7ccccc7c6)cc5)c5cccc6ccccc56)ccc3-4)cc21. The van der Waals surface area contributed by atoms with E-state index in [1.807, 2.05) is 0 Å². The Balaban J connectivity index is 0.567. The molecule has 103 heavy (non-hydrogen) atoms. The number of benzene rings is 16. The first-order valence-electron chi connectivity index (χ1n) is 36.3. The second-order valence-corrected chi connectivity index (χ2v) is 30.1. The van der Waals surface area contributed by atoms with Crippen molar-refractivity contribution in [2.24, 2.45) is 0 Å². The molecule has 2 heteroatoms. The highest BCUT2D eigenvalue weighted by atomic mass is 15.1. The highest BCUT2D eigenvalue weighted by molar-refractivity contribution is 6.02. The van der Waals surface area contributed by atoms with E-state index in [0.717, 1.165) is 34.1 Å². The van der Waals surface area contributed by atoms with Crippen molar-refractivity contribution in [1.29, 1.82) is 0 Å². The Kier molecular flexibility index (Phi) is 14.3. The Morgan fingerprint density at radius 3 is 0.825 bits per heavy atom. The molecule has 0 amide bonds. The molecule has 3 aliphatic carbocycles. The van der Waals surface area contributed by atoms with Crippen molar-refractivity contribution in [2.75, 3.05) is 9.80 Å². The third kappa shape index (κ3) is 10.4. The van der Waals surface area contributed by atoms with E-state index in [1.54, 1.807) is 0 Å². The Morgan fingerprint density at radius 2 is 0.476 bits per heavy atom. The second-order valence-electron chi connectivity index (χ2n) is 30.1. The zero-order valence-corrected chi connectivity index (χ0v) is 58.9. The van der Waals surface area contributed by atoms with Crippen LogP contribution in [-0.4, -0.2) is 0 Å². The average molecular weight is 1320 g/mol. The fourth-order valence-corrected chi connectivity index (χ4v) is 17.3. The lowest BCUT2D eigenvalue weighted by atomic mass is 9.81. The predicted molar refractivity (Wildman–Crippen MR) is 440 cm³/mol. The standard InChI is InChI=1S/C101H76N2/c1-99(2)91-57-65(29-31-67-35-53-87-89-55-49-81(63-95(89)100(3,4)93(87)59-67)102(97-27-15-23-73-19-11-13-25-83(73)97)79-45-41-71(42-46-79)77-39-37-69-17-7-9-21-75(69)61-77)33-51-85(91)86-52-34-66(58-92(86)99)30-32-68-36-54-88-90-56-50-82(64-96(90)101(5,6)94(88)60-68)103(98-28-16-24-74-20-12-14-26-84(74)98)80-47-43-72(44-48-80)78-40-38-70-18-8-10-22-76(70)62-78/h7-64H,1-6H3/b31-29+,32-30+. The van der Waals surface area contributed by atoms with E-state index in [0.29, 0.717) is 0 Å². The van der Waals surface area contributed by atoms with Crippen molar-refractivity contribution >= 4 is 102 Å².